The molecule has 1 aromatic heterocycles. The van der Waals surface area contributed by atoms with E-state index in [1.165, 1.54) is 23.9 Å². The molecular formula is C17H19N3O4. The van der Waals surface area contributed by atoms with Gasteiger partial charge in [-0.2, -0.15) is 4.98 Å². The maximum Gasteiger partial charge on any atom is 0.261 e. The molecule has 2 aliphatic rings. The minimum absolute atomic E-state index is 0.00681. The highest BCUT2D eigenvalue weighted by Gasteiger charge is 2.31. The van der Waals surface area contributed by atoms with Crippen LogP contribution in [-0.4, -0.2) is 47.3 Å². The van der Waals surface area contributed by atoms with E-state index in [-0.39, 0.29) is 18.6 Å². The van der Waals surface area contributed by atoms with Crippen LogP contribution in [0.2, 0.25) is 0 Å². The van der Waals surface area contributed by atoms with Gasteiger partial charge >= 0.3 is 0 Å². The summed E-state index contributed by atoms with van der Waals surface area (Å²) in [5.74, 6) is 1.10. The second-order valence-corrected chi connectivity index (χ2v) is 6.04. The largest absolute Gasteiger partial charge is 0.484 e. The molecular weight excluding hydrogens is 310 g/mol. The Hall–Kier alpha value is -2.41. The molecule has 2 aromatic rings. The van der Waals surface area contributed by atoms with Crippen molar-refractivity contribution in [2.75, 3.05) is 26.4 Å². The fourth-order valence-electron chi connectivity index (χ4n) is 3.31. The second kappa shape index (κ2) is 6.60. The standard InChI is InChI=1S/C17H19N3O4/c21-16(10-23-14-5-4-12-2-1-3-13(12)8-14)20-6-7-22-9-15(20)17-18-11-24-19-17/h4-5,8,11,15H,1-3,6-7,9-10H2/t15-/m1/s1. The average Bonchev–Trinajstić information content (AvgIpc) is 3.30. The smallest absolute Gasteiger partial charge is 0.261 e. The van der Waals surface area contributed by atoms with Crippen LogP contribution in [0.4, 0.5) is 0 Å². The van der Waals surface area contributed by atoms with Crippen LogP contribution in [0.5, 0.6) is 5.75 Å². The van der Waals surface area contributed by atoms with Gasteiger partial charge in [-0.05, 0) is 42.5 Å². The van der Waals surface area contributed by atoms with Gasteiger partial charge in [0.15, 0.2) is 12.4 Å². The maximum atomic E-state index is 12.6. The molecule has 0 radical (unpaired) electrons. The van der Waals surface area contributed by atoms with Gasteiger partial charge in [-0.15, -0.1) is 0 Å². The number of benzene rings is 1. The Balaban J connectivity index is 1.41. The van der Waals surface area contributed by atoms with E-state index in [0.717, 1.165) is 18.6 Å². The molecule has 1 fully saturated rings. The molecule has 7 nitrogen and oxygen atoms in total. The molecule has 0 saturated carbocycles. The normalized spacial score (nSPS) is 20.0. The number of hydrogen-bond donors (Lipinski definition) is 0. The highest BCUT2D eigenvalue weighted by molar-refractivity contribution is 5.78. The molecule has 1 aromatic carbocycles. The van der Waals surface area contributed by atoms with Gasteiger partial charge < -0.3 is 18.9 Å². The van der Waals surface area contributed by atoms with Crippen molar-refractivity contribution >= 4 is 5.91 Å². The van der Waals surface area contributed by atoms with Crippen molar-refractivity contribution in [3.05, 3.63) is 41.5 Å². The maximum absolute atomic E-state index is 12.6. The lowest BCUT2D eigenvalue weighted by molar-refractivity contribution is -0.142. The monoisotopic (exact) mass is 329 g/mol. The topological polar surface area (TPSA) is 77.7 Å². The first-order valence-electron chi connectivity index (χ1n) is 8.19. The number of aryl methyl sites for hydroxylation is 2. The number of morpholine rings is 1. The van der Waals surface area contributed by atoms with Gasteiger partial charge in [0, 0.05) is 6.54 Å². The van der Waals surface area contributed by atoms with Crippen molar-refractivity contribution in [2.45, 2.75) is 25.3 Å². The van der Waals surface area contributed by atoms with Gasteiger partial charge in [-0.25, -0.2) is 0 Å². The summed E-state index contributed by atoms with van der Waals surface area (Å²) in [6, 6.07) is 5.76. The Morgan fingerprint density at radius 2 is 2.25 bits per heavy atom. The van der Waals surface area contributed by atoms with Crippen molar-refractivity contribution < 1.29 is 18.8 Å². The summed E-state index contributed by atoms with van der Waals surface area (Å²) in [4.78, 5) is 18.3. The highest BCUT2D eigenvalue weighted by atomic mass is 16.5. The van der Waals surface area contributed by atoms with Crippen molar-refractivity contribution in [3.8, 4) is 5.75 Å². The first kappa shape index (κ1) is 15.1. The zero-order valence-electron chi connectivity index (χ0n) is 13.3. The molecule has 1 aliphatic heterocycles. The van der Waals surface area contributed by atoms with Gasteiger partial charge in [-0.3, -0.25) is 4.79 Å². The number of carbonyl (C=O) groups excluding carboxylic acids is 1. The summed E-state index contributed by atoms with van der Waals surface area (Å²) in [6.45, 7) is 1.35. The van der Waals surface area contributed by atoms with E-state index in [9.17, 15) is 4.79 Å². The van der Waals surface area contributed by atoms with Crippen LogP contribution in [0.15, 0.2) is 29.1 Å². The quantitative estimate of drug-likeness (QED) is 0.847. The Kier molecular flexibility index (Phi) is 4.17. The van der Waals surface area contributed by atoms with Gasteiger partial charge in [0.2, 0.25) is 6.39 Å². The highest BCUT2D eigenvalue weighted by Crippen LogP contribution is 2.26. The van der Waals surface area contributed by atoms with Crippen LogP contribution in [0.25, 0.3) is 0 Å². The average molecular weight is 329 g/mol. The van der Waals surface area contributed by atoms with E-state index in [2.05, 4.69) is 16.2 Å². The predicted octanol–water partition coefficient (Wildman–Crippen LogP) is 1.54. The second-order valence-electron chi connectivity index (χ2n) is 6.04. The van der Waals surface area contributed by atoms with Crippen LogP contribution in [0.3, 0.4) is 0 Å². The van der Waals surface area contributed by atoms with Gasteiger partial charge in [0.25, 0.3) is 5.91 Å². The lowest BCUT2D eigenvalue weighted by Crippen LogP contribution is -2.45. The minimum atomic E-state index is -0.325. The van der Waals surface area contributed by atoms with E-state index in [0.29, 0.717) is 25.6 Å². The number of carbonyl (C=O) groups is 1. The molecule has 126 valence electrons. The van der Waals surface area contributed by atoms with Crippen molar-refractivity contribution in [1.82, 2.24) is 15.0 Å². The fourth-order valence-corrected chi connectivity index (χ4v) is 3.31. The first-order valence-corrected chi connectivity index (χ1v) is 8.19. The SMILES string of the molecule is O=C(COc1ccc2c(c1)CCC2)N1CCOC[C@@H]1c1ncon1. The molecule has 0 bridgehead atoms. The Labute approximate surface area is 139 Å². The molecule has 7 heteroatoms. The lowest BCUT2D eigenvalue weighted by Gasteiger charge is -2.33. The van der Waals surface area contributed by atoms with Crippen LogP contribution >= 0.6 is 0 Å². The zero-order valence-corrected chi connectivity index (χ0v) is 13.3. The summed E-state index contributed by atoms with van der Waals surface area (Å²) in [6.07, 6.45) is 4.67. The van der Waals surface area contributed by atoms with E-state index < -0.39 is 0 Å². The number of fused-ring (bicyclic) bond motifs is 1. The molecule has 1 amide bonds. The number of nitrogens with zero attached hydrogens (tertiary/aromatic N) is 3. The van der Waals surface area contributed by atoms with Gasteiger partial charge in [0.05, 0.1) is 13.2 Å². The Morgan fingerprint density at radius 1 is 1.33 bits per heavy atom. The first-order chi connectivity index (χ1) is 11.8. The summed E-state index contributed by atoms with van der Waals surface area (Å²) >= 11 is 0. The third-order valence-electron chi connectivity index (χ3n) is 4.56. The fraction of sp³-hybridized carbons (Fsp3) is 0.471. The van der Waals surface area contributed by atoms with Crippen LogP contribution < -0.4 is 4.74 Å². The molecule has 0 N–H and O–H groups in total. The minimum Gasteiger partial charge on any atom is -0.484 e. The molecule has 0 spiro atoms. The Bertz CT molecular complexity index is 717. The Morgan fingerprint density at radius 3 is 3.12 bits per heavy atom. The van der Waals surface area contributed by atoms with Crippen molar-refractivity contribution in [1.29, 1.82) is 0 Å². The summed E-state index contributed by atoms with van der Waals surface area (Å²) in [7, 11) is 0. The number of aromatic nitrogens is 2. The molecule has 2 heterocycles. The predicted molar refractivity (Wildman–Crippen MR) is 83.5 cm³/mol. The van der Waals surface area contributed by atoms with Gasteiger partial charge in [0.1, 0.15) is 11.8 Å². The molecule has 4 rings (SSSR count). The van der Waals surface area contributed by atoms with E-state index in [4.69, 9.17) is 14.0 Å². The van der Waals surface area contributed by atoms with Crippen molar-refractivity contribution in [3.63, 3.8) is 0 Å². The summed E-state index contributed by atoms with van der Waals surface area (Å²) in [5, 5.41) is 3.83. The zero-order chi connectivity index (χ0) is 16.4. The third kappa shape index (κ3) is 2.99. The van der Waals surface area contributed by atoms with Crippen LogP contribution in [0.1, 0.15) is 29.4 Å². The molecule has 24 heavy (non-hydrogen) atoms. The number of rotatable bonds is 4. The summed E-state index contributed by atoms with van der Waals surface area (Å²) in [5.41, 5.74) is 2.72. The number of ether oxygens (including phenoxy) is 2. The van der Waals surface area contributed by atoms with E-state index >= 15 is 0 Å². The molecule has 0 unspecified atom stereocenters. The van der Waals surface area contributed by atoms with E-state index in [1.54, 1.807) is 4.90 Å². The molecule has 1 aliphatic carbocycles. The number of hydrogen-bond acceptors (Lipinski definition) is 6. The van der Waals surface area contributed by atoms with Crippen LogP contribution in [0, 0.1) is 0 Å². The van der Waals surface area contributed by atoms with Crippen LogP contribution in [-0.2, 0) is 22.4 Å². The summed E-state index contributed by atoms with van der Waals surface area (Å²) < 4.78 is 15.9. The molecule has 1 saturated heterocycles. The van der Waals surface area contributed by atoms with Gasteiger partial charge in [-0.1, -0.05) is 11.2 Å². The third-order valence-corrected chi connectivity index (χ3v) is 4.56. The molecule has 1 atom stereocenters. The van der Waals surface area contributed by atoms with Crippen molar-refractivity contribution in [2.24, 2.45) is 0 Å². The lowest BCUT2D eigenvalue weighted by atomic mass is 10.1. The number of amides is 1. The van der Waals surface area contributed by atoms with E-state index in [1.807, 2.05) is 12.1 Å².